The fourth-order valence-corrected chi connectivity index (χ4v) is 1.96. The van der Waals surface area contributed by atoms with Crippen LogP contribution in [0.4, 0.5) is 0 Å². The summed E-state index contributed by atoms with van der Waals surface area (Å²) in [7, 11) is 0. The van der Waals surface area contributed by atoms with Crippen LogP contribution in [0, 0.1) is 5.92 Å². The first kappa shape index (κ1) is 12.9. The average molecular weight is 218 g/mol. The van der Waals surface area contributed by atoms with Gasteiger partial charge in [-0.15, -0.1) is 0 Å². The molecule has 0 aliphatic carbocycles. The lowest BCUT2D eigenvalue weighted by molar-refractivity contribution is -0.182. The molecule has 1 aliphatic rings. The summed E-state index contributed by atoms with van der Waals surface area (Å²) in [5.41, 5.74) is 0. The average Bonchev–Trinajstić information content (AvgIpc) is 2.22. The molecule has 5 atom stereocenters. The Morgan fingerprint density at radius 1 is 1.40 bits per heavy atom. The smallest absolute Gasteiger partial charge is 0.109 e. The van der Waals surface area contributed by atoms with Gasteiger partial charge in [-0.25, -0.2) is 0 Å². The Balaban J connectivity index is 2.47. The van der Waals surface area contributed by atoms with Crippen molar-refractivity contribution in [1.82, 2.24) is 0 Å². The van der Waals surface area contributed by atoms with Crippen LogP contribution >= 0.6 is 0 Å². The fraction of sp³-hybridized carbons (Fsp3) is 1.00. The molecule has 1 aliphatic heterocycles. The fourth-order valence-electron chi connectivity index (χ4n) is 1.96. The highest BCUT2D eigenvalue weighted by atomic mass is 16.5. The van der Waals surface area contributed by atoms with Gasteiger partial charge in [0.25, 0.3) is 0 Å². The molecule has 4 nitrogen and oxygen atoms in total. The second-order valence-electron chi connectivity index (χ2n) is 4.52. The summed E-state index contributed by atoms with van der Waals surface area (Å²) in [4.78, 5) is 0. The third-order valence-electron chi connectivity index (χ3n) is 3.19. The van der Waals surface area contributed by atoms with Crippen molar-refractivity contribution in [2.24, 2.45) is 5.92 Å². The van der Waals surface area contributed by atoms with Gasteiger partial charge in [-0.1, -0.05) is 20.3 Å². The van der Waals surface area contributed by atoms with E-state index in [-0.39, 0.29) is 12.7 Å². The zero-order valence-corrected chi connectivity index (χ0v) is 9.47. The normalized spacial score (nSPS) is 39.0. The zero-order valence-electron chi connectivity index (χ0n) is 9.47. The maximum Gasteiger partial charge on any atom is 0.109 e. The van der Waals surface area contributed by atoms with E-state index in [0.717, 1.165) is 12.8 Å². The highest BCUT2D eigenvalue weighted by molar-refractivity contribution is 4.85. The first-order valence-electron chi connectivity index (χ1n) is 5.70. The van der Waals surface area contributed by atoms with E-state index in [1.54, 1.807) is 0 Å². The Bertz CT molecular complexity index is 183. The van der Waals surface area contributed by atoms with Crippen LogP contribution in [-0.4, -0.2) is 46.3 Å². The van der Waals surface area contributed by atoms with Gasteiger partial charge >= 0.3 is 0 Å². The minimum atomic E-state index is -0.955. The maximum atomic E-state index is 9.59. The van der Waals surface area contributed by atoms with E-state index in [4.69, 9.17) is 9.84 Å². The third kappa shape index (κ3) is 3.41. The molecule has 0 aromatic heterocycles. The molecule has 1 rings (SSSR count). The van der Waals surface area contributed by atoms with E-state index in [1.807, 2.05) is 0 Å². The number of aliphatic hydroxyl groups excluding tert-OH is 3. The molecule has 90 valence electrons. The first-order valence-corrected chi connectivity index (χ1v) is 5.70. The Morgan fingerprint density at radius 3 is 2.60 bits per heavy atom. The zero-order chi connectivity index (χ0) is 11.4. The second kappa shape index (κ2) is 5.80. The molecule has 2 unspecified atom stereocenters. The Hall–Kier alpha value is -0.160. The summed E-state index contributed by atoms with van der Waals surface area (Å²) in [6.45, 7) is 4.01. The van der Waals surface area contributed by atoms with Gasteiger partial charge in [0, 0.05) is 6.42 Å². The van der Waals surface area contributed by atoms with Crippen LogP contribution < -0.4 is 0 Å². The number of hydrogen-bond donors (Lipinski definition) is 3. The molecular formula is C11H22O4. The molecule has 3 N–H and O–H groups in total. The summed E-state index contributed by atoms with van der Waals surface area (Å²) in [5, 5.41) is 28.1. The van der Waals surface area contributed by atoms with Crippen LogP contribution in [0.15, 0.2) is 0 Å². The number of rotatable bonds is 4. The Labute approximate surface area is 90.9 Å². The largest absolute Gasteiger partial charge is 0.394 e. The SMILES string of the molecule is CCC(C)CC1C[C@@H](O)[C@@H](O)[C@@H](CO)O1. The molecule has 0 radical (unpaired) electrons. The van der Waals surface area contributed by atoms with Crippen LogP contribution in [0.1, 0.15) is 33.1 Å². The van der Waals surface area contributed by atoms with Crippen LogP contribution in [-0.2, 0) is 4.74 Å². The summed E-state index contributed by atoms with van der Waals surface area (Å²) in [6, 6.07) is 0. The lowest BCUT2D eigenvalue weighted by atomic mass is 9.92. The van der Waals surface area contributed by atoms with Gasteiger partial charge in [-0.2, -0.15) is 0 Å². The summed E-state index contributed by atoms with van der Waals surface area (Å²) < 4.78 is 5.53. The number of ether oxygens (including phenoxy) is 1. The molecule has 0 saturated carbocycles. The van der Waals surface area contributed by atoms with E-state index in [9.17, 15) is 10.2 Å². The van der Waals surface area contributed by atoms with Gasteiger partial charge in [-0.3, -0.25) is 0 Å². The lowest BCUT2D eigenvalue weighted by Crippen LogP contribution is -2.50. The van der Waals surface area contributed by atoms with Crippen molar-refractivity contribution in [2.75, 3.05) is 6.61 Å². The van der Waals surface area contributed by atoms with Crippen molar-refractivity contribution in [2.45, 2.75) is 57.5 Å². The van der Waals surface area contributed by atoms with Gasteiger partial charge in [0.15, 0.2) is 0 Å². The predicted molar refractivity (Wildman–Crippen MR) is 56.4 cm³/mol. The lowest BCUT2D eigenvalue weighted by Gasteiger charge is -2.37. The van der Waals surface area contributed by atoms with E-state index < -0.39 is 18.3 Å². The highest BCUT2D eigenvalue weighted by Gasteiger charge is 2.36. The Kier molecular flexibility index (Phi) is 4.99. The van der Waals surface area contributed by atoms with E-state index >= 15 is 0 Å². The van der Waals surface area contributed by atoms with E-state index in [0.29, 0.717) is 12.3 Å². The molecule has 4 heteroatoms. The van der Waals surface area contributed by atoms with Gasteiger partial charge in [0.05, 0.1) is 18.8 Å². The maximum absolute atomic E-state index is 9.59. The number of aliphatic hydroxyl groups is 3. The van der Waals surface area contributed by atoms with Crippen molar-refractivity contribution < 1.29 is 20.1 Å². The Morgan fingerprint density at radius 2 is 2.07 bits per heavy atom. The molecule has 1 saturated heterocycles. The van der Waals surface area contributed by atoms with Gasteiger partial charge in [0.2, 0.25) is 0 Å². The van der Waals surface area contributed by atoms with Crippen molar-refractivity contribution in [3.63, 3.8) is 0 Å². The van der Waals surface area contributed by atoms with Crippen molar-refractivity contribution in [3.8, 4) is 0 Å². The summed E-state index contributed by atoms with van der Waals surface area (Å²) in [6.07, 6.45) is -0.00684. The standard InChI is InChI=1S/C11H22O4/c1-3-7(2)4-8-5-9(13)11(14)10(6-12)15-8/h7-14H,3-6H2,1-2H3/t7?,8?,9-,10-,11-/m1/s1. The molecule has 0 bridgehead atoms. The predicted octanol–water partition coefficient (Wildman–Crippen LogP) is 0.294. The second-order valence-corrected chi connectivity index (χ2v) is 4.52. The molecule has 0 amide bonds. The minimum absolute atomic E-state index is 0.0458. The van der Waals surface area contributed by atoms with Crippen LogP contribution in [0.25, 0.3) is 0 Å². The quantitative estimate of drug-likeness (QED) is 0.634. The summed E-state index contributed by atoms with van der Waals surface area (Å²) >= 11 is 0. The van der Waals surface area contributed by atoms with Crippen molar-refractivity contribution >= 4 is 0 Å². The van der Waals surface area contributed by atoms with E-state index in [2.05, 4.69) is 13.8 Å². The molecule has 0 spiro atoms. The molecule has 1 heterocycles. The highest BCUT2D eigenvalue weighted by Crippen LogP contribution is 2.25. The topological polar surface area (TPSA) is 69.9 Å². The van der Waals surface area contributed by atoms with Crippen LogP contribution in [0.2, 0.25) is 0 Å². The molecule has 15 heavy (non-hydrogen) atoms. The minimum Gasteiger partial charge on any atom is -0.394 e. The van der Waals surface area contributed by atoms with Gasteiger partial charge < -0.3 is 20.1 Å². The van der Waals surface area contributed by atoms with Crippen molar-refractivity contribution in [1.29, 1.82) is 0 Å². The number of hydrogen-bond acceptors (Lipinski definition) is 4. The molecule has 0 aromatic carbocycles. The molecule has 1 fully saturated rings. The van der Waals surface area contributed by atoms with E-state index in [1.165, 1.54) is 0 Å². The van der Waals surface area contributed by atoms with Gasteiger partial charge in [-0.05, 0) is 12.3 Å². The van der Waals surface area contributed by atoms with Crippen LogP contribution in [0.3, 0.4) is 0 Å². The van der Waals surface area contributed by atoms with Crippen molar-refractivity contribution in [3.05, 3.63) is 0 Å². The van der Waals surface area contributed by atoms with Gasteiger partial charge in [0.1, 0.15) is 12.2 Å². The van der Waals surface area contributed by atoms with Crippen LogP contribution in [0.5, 0.6) is 0 Å². The first-order chi connectivity index (χ1) is 7.08. The third-order valence-corrected chi connectivity index (χ3v) is 3.19. The molecular weight excluding hydrogens is 196 g/mol. The molecule has 0 aromatic rings. The summed E-state index contributed by atoms with van der Waals surface area (Å²) in [5.74, 6) is 0.539. The monoisotopic (exact) mass is 218 g/mol.